The molecule has 0 saturated carbocycles. The molecule has 8 rings (SSSR count). The van der Waals surface area contributed by atoms with Crippen molar-refractivity contribution >= 4 is 58.4 Å². The predicted molar refractivity (Wildman–Crippen MR) is 248 cm³/mol. The highest BCUT2D eigenvalue weighted by atomic mass is 16.6. The van der Waals surface area contributed by atoms with Gasteiger partial charge in [0, 0.05) is 62.3 Å². The van der Waals surface area contributed by atoms with Crippen LogP contribution >= 0.6 is 0 Å². The first-order valence-electron chi connectivity index (χ1n) is 21.2. The van der Waals surface area contributed by atoms with Crippen LogP contribution in [0.4, 0.5) is 22.7 Å². The molecule has 0 spiro atoms. The molecule has 14 nitrogen and oxygen atoms in total. The Hall–Kier alpha value is -8.26. The Bertz CT molecular complexity index is 2530. The number of esters is 4. The lowest BCUT2D eigenvalue weighted by Gasteiger charge is -2.32. The van der Waals surface area contributed by atoms with Gasteiger partial charge in [-0.2, -0.15) is 0 Å². The molecule has 0 fully saturated rings. The first-order valence-corrected chi connectivity index (χ1v) is 21.2. The van der Waals surface area contributed by atoms with E-state index in [1.54, 1.807) is 97.1 Å². The SMILES string of the molecule is CC(=O)Nc1ccc(C(=O)O[C@H]2Cc3ccccc3C[C@H]2OC(=O)c2ccc(NC(C)=O)cc2)cc1.Nc1ccc(C(=O)O[C@H]2Cc3ccccc3C[C@H]2OC(=O)c2ccc(N)cc2)cc1. The van der Waals surface area contributed by atoms with Crippen LogP contribution in [0.5, 0.6) is 0 Å². The van der Waals surface area contributed by atoms with E-state index >= 15 is 0 Å². The van der Waals surface area contributed by atoms with Gasteiger partial charge in [-0.15, -0.1) is 0 Å². The quantitative estimate of drug-likeness (QED) is 0.0596. The Labute approximate surface area is 381 Å². The first-order chi connectivity index (χ1) is 31.8. The van der Waals surface area contributed by atoms with E-state index in [9.17, 15) is 28.8 Å². The third-order valence-corrected chi connectivity index (χ3v) is 11.0. The second kappa shape index (κ2) is 20.9. The number of anilines is 4. The molecule has 2 aliphatic rings. The maximum absolute atomic E-state index is 12.9. The van der Waals surface area contributed by atoms with E-state index in [0.29, 0.717) is 70.7 Å². The number of nitrogens with two attached hydrogens (primary N) is 2. The van der Waals surface area contributed by atoms with Gasteiger partial charge in [-0.1, -0.05) is 48.5 Å². The van der Waals surface area contributed by atoms with Crippen LogP contribution < -0.4 is 22.1 Å². The molecule has 6 aromatic carbocycles. The standard InChI is InChI=1S/C28H26N2O6.C24H22N2O4/c1-17(31)29-23-11-7-19(8-12-23)27(33)35-25-15-21-5-3-4-6-22(21)16-26(25)36-28(34)20-9-13-24(14-10-20)30-18(2)32;25-19-9-5-15(6-10-19)23(27)29-21-13-17-3-1-2-4-18(17)14-22(21)30-24(28)16-7-11-20(26)12-8-16/h3-14,25-26H,15-16H2,1-2H3,(H,29,31)(H,30,32);1-12,21-22H,13-14,25-26H2/t25-,26+;21-,22+. The maximum Gasteiger partial charge on any atom is 0.338 e. The fraction of sp³-hybridized carbons (Fsp3) is 0.192. The van der Waals surface area contributed by atoms with Crippen molar-refractivity contribution in [3.63, 3.8) is 0 Å². The number of fused-ring (bicyclic) bond motifs is 2. The molecule has 4 atom stereocenters. The summed E-state index contributed by atoms with van der Waals surface area (Å²) in [6.45, 7) is 2.81. The van der Waals surface area contributed by atoms with Gasteiger partial charge in [-0.3, -0.25) is 9.59 Å². The third-order valence-electron chi connectivity index (χ3n) is 11.0. The first kappa shape index (κ1) is 45.8. The number of ether oxygens (including phenoxy) is 4. The Kier molecular flexibility index (Phi) is 14.5. The van der Waals surface area contributed by atoms with E-state index in [2.05, 4.69) is 10.6 Å². The lowest BCUT2D eigenvalue weighted by molar-refractivity contribution is -0.115. The van der Waals surface area contributed by atoms with Crippen LogP contribution in [0, 0.1) is 0 Å². The molecule has 0 heterocycles. The van der Waals surface area contributed by atoms with E-state index in [0.717, 1.165) is 22.3 Å². The van der Waals surface area contributed by atoms with Gasteiger partial charge in [0.15, 0.2) is 0 Å². The second-order valence-electron chi connectivity index (χ2n) is 15.9. The number of hydrogen-bond donors (Lipinski definition) is 4. The van der Waals surface area contributed by atoms with Gasteiger partial charge in [0.25, 0.3) is 0 Å². The van der Waals surface area contributed by atoms with Gasteiger partial charge in [-0.05, 0) is 119 Å². The average Bonchev–Trinajstić information content (AvgIpc) is 3.30. The number of nitrogen functional groups attached to an aromatic ring is 2. The monoisotopic (exact) mass is 888 g/mol. The van der Waals surface area contributed by atoms with Gasteiger partial charge in [0.1, 0.15) is 24.4 Å². The molecular formula is C52H48N4O10. The summed E-state index contributed by atoms with van der Waals surface area (Å²) in [5, 5.41) is 5.30. The molecule has 0 unspecified atom stereocenters. The summed E-state index contributed by atoms with van der Waals surface area (Å²) >= 11 is 0. The van der Waals surface area contributed by atoms with Crippen molar-refractivity contribution in [2.24, 2.45) is 0 Å². The van der Waals surface area contributed by atoms with Crippen LogP contribution in [-0.2, 0) is 54.2 Å². The number of carbonyl (C=O) groups is 6. The second-order valence-corrected chi connectivity index (χ2v) is 15.9. The summed E-state index contributed by atoms with van der Waals surface area (Å²) < 4.78 is 23.2. The number of amides is 2. The van der Waals surface area contributed by atoms with Crippen molar-refractivity contribution < 1.29 is 47.7 Å². The minimum Gasteiger partial charge on any atom is -0.454 e. The van der Waals surface area contributed by atoms with E-state index in [1.807, 2.05) is 48.5 Å². The highest BCUT2D eigenvalue weighted by Crippen LogP contribution is 2.29. The van der Waals surface area contributed by atoms with Crippen LogP contribution in [0.1, 0.15) is 77.5 Å². The van der Waals surface area contributed by atoms with Crippen LogP contribution in [0.25, 0.3) is 0 Å². The van der Waals surface area contributed by atoms with Crippen molar-refractivity contribution in [3.8, 4) is 0 Å². The normalized spacial score (nSPS) is 16.9. The number of hydrogen-bond acceptors (Lipinski definition) is 12. The van der Waals surface area contributed by atoms with Crippen LogP contribution in [0.15, 0.2) is 146 Å². The molecule has 336 valence electrons. The highest BCUT2D eigenvalue weighted by molar-refractivity contribution is 5.94. The third kappa shape index (κ3) is 12.0. The van der Waals surface area contributed by atoms with Crippen molar-refractivity contribution in [2.75, 3.05) is 22.1 Å². The Morgan fingerprint density at radius 3 is 0.833 bits per heavy atom. The average molecular weight is 889 g/mol. The molecular weight excluding hydrogens is 841 g/mol. The lowest BCUT2D eigenvalue weighted by Crippen LogP contribution is -2.41. The van der Waals surface area contributed by atoms with Crippen LogP contribution in [-0.4, -0.2) is 60.1 Å². The van der Waals surface area contributed by atoms with E-state index < -0.39 is 48.3 Å². The summed E-state index contributed by atoms with van der Waals surface area (Å²) in [6, 6.07) is 41.5. The zero-order valence-electron chi connectivity index (χ0n) is 36.2. The highest BCUT2D eigenvalue weighted by Gasteiger charge is 2.36. The topological polar surface area (TPSA) is 215 Å². The zero-order chi connectivity index (χ0) is 46.7. The summed E-state index contributed by atoms with van der Waals surface area (Å²) in [4.78, 5) is 73.6. The molecule has 14 heteroatoms. The number of carbonyl (C=O) groups excluding carboxylic acids is 6. The van der Waals surface area contributed by atoms with E-state index in [4.69, 9.17) is 30.4 Å². The molecule has 6 aromatic rings. The molecule has 2 aliphatic carbocycles. The lowest BCUT2D eigenvalue weighted by atomic mass is 9.87. The number of benzene rings is 6. The van der Waals surface area contributed by atoms with Gasteiger partial charge in [-0.25, -0.2) is 19.2 Å². The maximum atomic E-state index is 12.9. The largest absolute Gasteiger partial charge is 0.454 e. The molecule has 0 aliphatic heterocycles. The van der Waals surface area contributed by atoms with Crippen LogP contribution in [0.3, 0.4) is 0 Å². The van der Waals surface area contributed by atoms with Gasteiger partial charge in [0.05, 0.1) is 22.3 Å². The Balaban J connectivity index is 0.000000199. The molecule has 6 N–H and O–H groups in total. The van der Waals surface area contributed by atoms with Gasteiger partial charge in [0.2, 0.25) is 11.8 Å². The molecule has 0 saturated heterocycles. The number of rotatable bonds is 10. The van der Waals surface area contributed by atoms with Crippen molar-refractivity contribution in [2.45, 2.75) is 63.9 Å². The molecule has 0 aromatic heterocycles. The van der Waals surface area contributed by atoms with Gasteiger partial charge < -0.3 is 41.0 Å². The fourth-order valence-corrected chi connectivity index (χ4v) is 7.62. The fourth-order valence-electron chi connectivity index (χ4n) is 7.62. The van der Waals surface area contributed by atoms with Crippen molar-refractivity contribution in [1.29, 1.82) is 0 Å². The molecule has 0 bridgehead atoms. The van der Waals surface area contributed by atoms with Crippen LogP contribution in [0.2, 0.25) is 0 Å². The Morgan fingerprint density at radius 2 is 0.606 bits per heavy atom. The summed E-state index contributed by atoms with van der Waals surface area (Å²) in [5.41, 5.74) is 19.3. The van der Waals surface area contributed by atoms with Crippen molar-refractivity contribution in [3.05, 3.63) is 190 Å². The Morgan fingerprint density at radius 1 is 0.379 bits per heavy atom. The summed E-state index contributed by atoms with van der Waals surface area (Å²) in [5.74, 6) is -2.47. The van der Waals surface area contributed by atoms with Crippen molar-refractivity contribution in [1.82, 2.24) is 0 Å². The van der Waals surface area contributed by atoms with E-state index in [-0.39, 0.29) is 11.8 Å². The summed E-state index contributed by atoms with van der Waals surface area (Å²) in [6.07, 6.45) is -0.788. The smallest absolute Gasteiger partial charge is 0.338 e. The summed E-state index contributed by atoms with van der Waals surface area (Å²) in [7, 11) is 0. The van der Waals surface area contributed by atoms with Gasteiger partial charge >= 0.3 is 23.9 Å². The van der Waals surface area contributed by atoms with E-state index in [1.165, 1.54) is 13.8 Å². The molecule has 66 heavy (non-hydrogen) atoms. The number of nitrogens with one attached hydrogen (secondary N) is 2. The zero-order valence-corrected chi connectivity index (χ0v) is 36.2. The minimum atomic E-state index is -0.676. The predicted octanol–water partition coefficient (Wildman–Crippen LogP) is 7.55. The molecule has 2 amide bonds. The molecule has 0 radical (unpaired) electrons. The minimum absolute atomic E-state index is 0.208.